The highest BCUT2D eigenvalue weighted by Crippen LogP contribution is 2.36. The second kappa shape index (κ2) is 11.3. The van der Waals surface area contributed by atoms with Crippen molar-refractivity contribution in [2.75, 3.05) is 6.61 Å². The quantitative estimate of drug-likeness (QED) is 0.170. The first-order valence-corrected chi connectivity index (χ1v) is 14.0. The van der Waals surface area contributed by atoms with Gasteiger partial charge in [0.25, 0.3) is 8.32 Å². The van der Waals surface area contributed by atoms with Crippen LogP contribution in [-0.2, 0) is 9.16 Å². The summed E-state index contributed by atoms with van der Waals surface area (Å²) in [6.07, 6.45) is 12.9. The van der Waals surface area contributed by atoms with Crippen LogP contribution in [0.5, 0.6) is 0 Å². The number of hydrogen-bond acceptors (Lipinski definition) is 2. The minimum atomic E-state index is -2.44. The smallest absolute Gasteiger partial charge is 0.261 e. The molecular weight excluding hydrogens is 396 g/mol. The molecule has 2 atom stereocenters. The van der Waals surface area contributed by atoms with Gasteiger partial charge >= 0.3 is 0 Å². The molecule has 0 unspecified atom stereocenters. The van der Waals surface area contributed by atoms with Crippen molar-refractivity contribution in [2.24, 2.45) is 0 Å². The number of unbranched alkanes of at least 4 members (excludes halogenated alkanes) is 4. The Morgan fingerprint density at radius 1 is 0.871 bits per heavy atom. The molecule has 1 heterocycles. The third-order valence-corrected chi connectivity index (χ3v) is 11.4. The topological polar surface area (TPSA) is 21.8 Å². The van der Waals surface area contributed by atoms with Crippen molar-refractivity contribution in [1.82, 2.24) is 0 Å². The molecule has 31 heavy (non-hydrogen) atoms. The Kier molecular flexibility index (Phi) is 8.71. The lowest BCUT2D eigenvalue weighted by Crippen LogP contribution is -2.66. The molecule has 1 aliphatic heterocycles. The number of rotatable bonds is 12. The van der Waals surface area contributed by atoms with Crippen molar-refractivity contribution in [3.8, 4) is 0 Å². The molecule has 2 aromatic rings. The van der Waals surface area contributed by atoms with Crippen LogP contribution in [0, 0.1) is 0 Å². The molecule has 1 aliphatic rings. The average Bonchev–Trinajstić information content (AvgIpc) is 3.52. The molecule has 1 fully saturated rings. The zero-order valence-corrected chi connectivity index (χ0v) is 20.8. The summed E-state index contributed by atoms with van der Waals surface area (Å²) in [5.41, 5.74) is 0. The van der Waals surface area contributed by atoms with E-state index in [9.17, 15) is 0 Å². The highest BCUT2D eigenvalue weighted by Gasteiger charge is 2.49. The van der Waals surface area contributed by atoms with E-state index < -0.39 is 8.32 Å². The van der Waals surface area contributed by atoms with E-state index in [1.807, 2.05) is 0 Å². The molecule has 0 saturated carbocycles. The van der Waals surface area contributed by atoms with Gasteiger partial charge in [-0.05, 0) is 21.8 Å². The summed E-state index contributed by atoms with van der Waals surface area (Å²) in [6.45, 7) is 9.85. The lowest BCUT2D eigenvalue weighted by Gasteiger charge is -2.42. The Balaban J connectivity index is 1.65. The minimum Gasteiger partial charge on any atom is -0.404 e. The van der Waals surface area contributed by atoms with Gasteiger partial charge in [0.1, 0.15) is 6.10 Å². The van der Waals surface area contributed by atoms with Crippen LogP contribution < -0.4 is 10.4 Å². The van der Waals surface area contributed by atoms with Crippen molar-refractivity contribution < 1.29 is 9.16 Å². The van der Waals surface area contributed by atoms with Gasteiger partial charge in [0.15, 0.2) is 0 Å². The van der Waals surface area contributed by atoms with Crippen LogP contribution in [0.4, 0.5) is 0 Å². The second-order valence-corrected chi connectivity index (χ2v) is 14.1. The lowest BCUT2D eigenvalue weighted by molar-refractivity contribution is 0.337. The third-order valence-electron chi connectivity index (χ3n) is 6.35. The Hall–Kier alpha value is -1.68. The molecule has 3 rings (SSSR count). The SMILES string of the molecule is CCCCCCC[C@@H]1O[C@H]1/C=C\CO[Si](c1ccccc1)(c1ccccc1)C(C)(C)C. The van der Waals surface area contributed by atoms with Crippen molar-refractivity contribution in [2.45, 2.75) is 83.5 Å². The third kappa shape index (κ3) is 6.18. The standard InChI is InChI=1S/C28H40O2Si/c1-5-6-7-8-15-21-26-27(30-26)22-16-23-29-31(28(2,3)4,24-17-11-9-12-18-24)25-19-13-10-14-20-25/h9-14,16-20,22,26-27H,5-8,15,21,23H2,1-4H3/b22-16-/t26-,27-/m0/s1. The van der Waals surface area contributed by atoms with Crippen LogP contribution in [-0.4, -0.2) is 27.1 Å². The Bertz CT molecular complexity index is 755. The van der Waals surface area contributed by atoms with E-state index in [4.69, 9.17) is 9.16 Å². The minimum absolute atomic E-state index is 0.0145. The fourth-order valence-corrected chi connectivity index (χ4v) is 9.13. The lowest BCUT2D eigenvalue weighted by atomic mass is 10.1. The van der Waals surface area contributed by atoms with E-state index in [-0.39, 0.29) is 11.1 Å². The monoisotopic (exact) mass is 436 g/mol. The van der Waals surface area contributed by atoms with Crippen LogP contribution in [0.1, 0.15) is 66.2 Å². The van der Waals surface area contributed by atoms with E-state index in [1.54, 1.807) is 0 Å². The van der Waals surface area contributed by atoms with Gasteiger partial charge in [-0.15, -0.1) is 0 Å². The van der Waals surface area contributed by atoms with E-state index in [0.717, 1.165) is 0 Å². The predicted octanol–water partition coefficient (Wildman–Crippen LogP) is 6.25. The number of benzene rings is 2. The highest BCUT2D eigenvalue weighted by molar-refractivity contribution is 6.99. The van der Waals surface area contributed by atoms with Crippen molar-refractivity contribution >= 4 is 18.7 Å². The summed E-state index contributed by atoms with van der Waals surface area (Å²) < 4.78 is 12.8. The van der Waals surface area contributed by atoms with Gasteiger partial charge in [-0.25, -0.2) is 0 Å². The van der Waals surface area contributed by atoms with Crippen molar-refractivity contribution in [1.29, 1.82) is 0 Å². The largest absolute Gasteiger partial charge is 0.404 e. The first-order chi connectivity index (χ1) is 15.0. The number of hydrogen-bond donors (Lipinski definition) is 0. The number of ether oxygens (including phenoxy) is 1. The van der Waals surface area contributed by atoms with E-state index >= 15 is 0 Å². The van der Waals surface area contributed by atoms with Crippen LogP contribution in [0.3, 0.4) is 0 Å². The van der Waals surface area contributed by atoms with Gasteiger partial charge < -0.3 is 9.16 Å². The molecule has 0 amide bonds. The summed E-state index contributed by atoms with van der Waals surface area (Å²) in [4.78, 5) is 0. The Labute approximate surface area is 190 Å². The molecule has 168 valence electrons. The average molecular weight is 437 g/mol. The second-order valence-electron chi connectivity index (χ2n) is 9.74. The highest BCUT2D eigenvalue weighted by atomic mass is 28.4. The molecule has 1 saturated heterocycles. The summed E-state index contributed by atoms with van der Waals surface area (Å²) in [6, 6.07) is 21.7. The molecule has 2 nitrogen and oxygen atoms in total. The zero-order chi connectivity index (χ0) is 22.2. The molecule has 0 aromatic heterocycles. The molecule has 0 aliphatic carbocycles. The van der Waals surface area contributed by atoms with Gasteiger partial charge in [-0.2, -0.15) is 0 Å². The van der Waals surface area contributed by atoms with E-state index in [2.05, 4.69) is 101 Å². The van der Waals surface area contributed by atoms with Crippen LogP contribution >= 0.6 is 0 Å². The predicted molar refractivity (Wildman–Crippen MR) is 135 cm³/mol. The normalized spacial score (nSPS) is 19.1. The molecule has 2 aromatic carbocycles. The first-order valence-electron chi connectivity index (χ1n) is 12.1. The first kappa shape index (κ1) is 24.0. The molecule has 0 spiro atoms. The summed E-state index contributed by atoms with van der Waals surface area (Å²) in [5.74, 6) is 0. The maximum absolute atomic E-state index is 6.90. The Morgan fingerprint density at radius 3 is 2.00 bits per heavy atom. The molecule has 0 N–H and O–H groups in total. The number of epoxide rings is 1. The fourth-order valence-electron chi connectivity index (χ4n) is 4.63. The fraction of sp³-hybridized carbons (Fsp3) is 0.500. The van der Waals surface area contributed by atoms with Gasteiger partial charge in [-0.1, -0.05) is 133 Å². The van der Waals surface area contributed by atoms with Crippen LogP contribution in [0.15, 0.2) is 72.8 Å². The van der Waals surface area contributed by atoms with Gasteiger partial charge in [0.05, 0.1) is 12.7 Å². The van der Waals surface area contributed by atoms with E-state index in [0.29, 0.717) is 12.7 Å². The maximum Gasteiger partial charge on any atom is 0.261 e. The van der Waals surface area contributed by atoms with Gasteiger partial charge in [0.2, 0.25) is 0 Å². The van der Waals surface area contributed by atoms with Gasteiger partial charge in [0, 0.05) is 0 Å². The molecule has 3 heteroatoms. The molecular formula is C28H40O2Si. The summed E-state index contributed by atoms with van der Waals surface area (Å²) in [7, 11) is -2.44. The molecule has 0 bridgehead atoms. The van der Waals surface area contributed by atoms with E-state index in [1.165, 1.54) is 48.9 Å². The van der Waals surface area contributed by atoms with Gasteiger partial charge in [-0.3, -0.25) is 0 Å². The summed E-state index contributed by atoms with van der Waals surface area (Å²) >= 11 is 0. The van der Waals surface area contributed by atoms with Crippen molar-refractivity contribution in [3.63, 3.8) is 0 Å². The maximum atomic E-state index is 6.90. The summed E-state index contributed by atoms with van der Waals surface area (Å²) in [5, 5.41) is 2.67. The van der Waals surface area contributed by atoms with Crippen LogP contribution in [0.25, 0.3) is 0 Å². The van der Waals surface area contributed by atoms with Crippen LogP contribution in [0.2, 0.25) is 5.04 Å². The Morgan fingerprint density at radius 2 is 1.45 bits per heavy atom. The van der Waals surface area contributed by atoms with Crippen molar-refractivity contribution in [3.05, 3.63) is 72.8 Å². The molecule has 0 radical (unpaired) electrons. The zero-order valence-electron chi connectivity index (χ0n) is 19.8.